The lowest BCUT2D eigenvalue weighted by atomic mass is 9.76. The van der Waals surface area contributed by atoms with Crippen LogP contribution in [0.3, 0.4) is 0 Å². The van der Waals surface area contributed by atoms with Crippen LogP contribution in [0.1, 0.15) is 48.0 Å². The smallest absolute Gasteiger partial charge is 0.410 e. The van der Waals surface area contributed by atoms with Crippen molar-refractivity contribution < 1.29 is 14.3 Å². The van der Waals surface area contributed by atoms with Gasteiger partial charge in [0.05, 0.1) is 5.56 Å². The van der Waals surface area contributed by atoms with Gasteiger partial charge in [0.1, 0.15) is 12.9 Å². The van der Waals surface area contributed by atoms with Crippen LogP contribution in [0.5, 0.6) is 0 Å². The molecule has 2 saturated heterocycles. The number of nitrogens with zero attached hydrogens (tertiary/aromatic N) is 3. The highest BCUT2D eigenvalue weighted by Gasteiger charge is 2.43. The Kier molecular flexibility index (Phi) is 5.14. The number of ketones is 1. The predicted molar refractivity (Wildman–Crippen MR) is 99.0 cm³/mol. The van der Waals surface area contributed by atoms with Crippen molar-refractivity contribution in [1.29, 1.82) is 0 Å². The highest BCUT2D eigenvalue weighted by Crippen LogP contribution is 2.38. The van der Waals surface area contributed by atoms with Gasteiger partial charge in [0.25, 0.3) is 0 Å². The van der Waals surface area contributed by atoms with E-state index in [-0.39, 0.29) is 36.5 Å². The van der Waals surface area contributed by atoms with E-state index in [9.17, 15) is 9.59 Å². The lowest BCUT2D eigenvalue weighted by Gasteiger charge is -2.47. The molecular weight excluding hydrogens is 342 g/mol. The molecule has 4 rings (SSSR count). The van der Waals surface area contributed by atoms with Crippen LogP contribution in [0.15, 0.2) is 49.1 Å². The Hall–Kier alpha value is -2.76. The summed E-state index contributed by atoms with van der Waals surface area (Å²) in [5, 5.41) is 0. The molecule has 0 radical (unpaired) electrons. The van der Waals surface area contributed by atoms with Crippen LogP contribution in [0.4, 0.5) is 4.79 Å². The molecule has 6 heteroatoms. The number of fused-ring (bicyclic) bond motifs is 2. The van der Waals surface area contributed by atoms with Gasteiger partial charge in [0.15, 0.2) is 5.78 Å². The summed E-state index contributed by atoms with van der Waals surface area (Å²) >= 11 is 0. The summed E-state index contributed by atoms with van der Waals surface area (Å²) < 4.78 is 5.57. The molecule has 0 spiro atoms. The number of hydrogen-bond acceptors (Lipinski definition) is 5. The second kappa shape index (κ2) is 7.86. The van der Waals surface area contributed by atoms with E-state index >= 15 is 0 Å². The first kappa shape index (κ1) is 17.6. The van der Waals surface area contributed by atoms with Crippen LogP contribution in [0.2, 0.25) is 0 Å². The lowest BCUT2D eigenvalue weighted by Crippen LogP contribution is -2.55. The molecule has 3 heterocycles. The Labute approximate surface area is 158 Å². The molecule has 1 aromatic heterocycles. The van der Waals surface area contributed by atoms with Crippen molar-refractivity contribution in [2.45, 2.75) is 50.8 Å². The Morgan fingerprint density at radius 3 is 2.37 bits per heavy atom. The van der Waals surface area contributed by atoms with Crippen LogP contribution in [-0.4, -0.2) is 38.8 Å². The molecule has 2 aromatic rings. The van der Waals surface area contributed by atoms with Gasteiger partial charge in [-0.15, -0.1) is 0 Å². The Morgan fingerprint density at radius 2 is 1.70 bits per heavy atom. The zero-order valence-electron chi connectivity index (χ0n) is 15.2. The van der Waals surface area contributed by atoms with Crippen LogP contribution in [0.25, 0.3) is 0 Å². The third-order valence-electron chi connectivity index (χ3n) is 5.61. The van der Waals surface area contributed by atoms with Gasteiger partial charge in [-0.1, -0.05) is 30.3 Å². The third kappa shape index (κ3) is 3.84. The molecule has 1 amide bonds. The fourth-order valence-electron chi connectivity index (χ4n) is 4.35. The highest BCUT2D eigenvalue weighted by molar-refractivity contribution is 5.97. The summed E-state index contributed by atoms with van der Waals surface area (Å²) in [4.78, 5) is 35.3. The van der Waals surface area contributed by atoms with Gasteiger partial charge in [-0.05, 0) is 37.7 Å². The molecule has 2 fully saturated rings. The average molecular weight is 365 g/mol. The number of piperidine rings is 2. The summed E-state index contributed by atoms with van der Waals surface area (Å²) in [6.45, 7) is 0.277. The van der Waals surface area contributed by atoms with Gasteiger partial charge in [-0.2, -0.15) is 0 Å². The first-order chi connectivity index (χ1) is 13.2. The standard InChI is InChI=1S/C21H23N3O3/c25-20(17-11-22-14-23-12-17)16-9-18-7-4-8-19(10-16)24(18)21(26)27-13-15-5-2-1-3-6-15/h1-3,5-6,11-12,14,16,18-19H,4,7-10,13H2. The minimum Gasteiger partial charge on any atom is -0.445 e. The SMILES string of the molecule is O=C(c1cncnc1)C1CC2CCCC(C1)N2C(=O)OCc1ccccc1. The molecule has 2 aliphatic heterocycles. The van der Waals surface area contributed by atoms with E-state index in [1.807, 2.05) is 35.2 Å². The molecule has 0 N–H and O–H groups in total. The van der Waals surface area contributed by atoms with Crippen LogP contribution in [-0.2, 0) is 11.3 Å². The second-order valence-electron chi connectivity index (χ2n) is 7.35. The number of Topliss-reactive ketones (excluding diaryl/α,β-unsaturated/α-hetero) is 1. The molecule has 0 aliphatic carbocycles. The first-order valence-corrected chi connectivity index (χ1v) is 9.50. The zero-order valence-corrected chi connectivity index (χ0v) is 15.2. The number of hydrogen-bond donors (Lipinski definition) is 0. The van der Waals surface area contributed by atoms with Crippen molar-refractivity contribution in [3.63, 3.8) is 0 Å². The van der Waals surface area contributed by atoms with Crippen molar-refractivity contribution in [3.8, 4) is 0 Å². The summed E-state index contributed by atoms with van der Waals surface area (Å²) in [6.07, 6.45) is 8.62. The maximum atomic E-state index is 12.8. The van der Waals surface area contributed by atoms with Gasteiger partial charge < -0.3 is 9.64 Å². The second-order valence-corrected chi connectivity index (χ2v) is 7.35. The number of aromatic nitrogens is 2. The van der Waals surface area contributed by atoms with E-state index in [0.717, 1.165) is 24.8 Å². The minimum absolute atomic E-state index is 0.0688. The Bertz CT molecular complexity index is 783. The molecular formula is C21H23N3O3. The molecule has 2 bridgehead atoms. The van der Waals surface area contributed by atoms with E-state index in [1.165, 1.54) is 6.33 Å². The van der Waals surface area contributed by atoms with Crippen molar-refractivity contribution in [2.24, 2.45) is 5.92 Å². The Balaban J connectivity index is 1.42. The van der Waals surface area contributed by atoms with Gasteiger partial charge in [-0.25, -0.2) is 14.8 Å². The van der Waals surface area contributed by atoms with Crippen molar-refractivity contribution in [1.82, 2.24) is 14.9 Å². The zero-order chi connectivity index (χ0) is 18.6. The maximum Gasteiger partial charge on any atom is 0.410 e. The normalized spacial score (nSPS) is 24.3. The molecule has 2 unspecified atom stereocenters. The first-order valence-electron chi connectivity index (χ1n) is 9.50. The molecule has 6 nitrogen and oxygen atoms in total. The lowest BCUT2D eigenvalue weighted by molar-refractivity contribution is 0.00471. The third-order valence-corrected chi connectivity index (χ3v) is 5.61. The topological polar surface area (TPSA) is 72.4 Å². The van der Waals surface area contributed by atoms with E-state index < -0.39 is 0 Å². The van der Waals surface area contributed by atoms with Crippen LogP contribution in [0, 0.1) is 5.92 Å². The van der Waals surface area contributed by atoms with Crippen LogP contribution < -0.4 is 0 Å². The van der Waals surface area contributed by atoms with Crippen LogP contribution >= 0.6 is 0 Å². The predicted octanol–water partition coefficient (Wildman–Crippen LogP) is 3.63. The van der Waals surface area contributed by atoms with E-state index in [1.54, 1.807) is 12.4 Å². The largest absolute Gasteiger partial charge is 0.445 e. The number of benzene rings is 1. The molecule has 140 valence electrons. The minimum atomic E-state index is -0.262. The quantitative estimate of drug-likeness (QED) is 0.774. The van der Waals surface area contributed by atoms with Crippen molar-refractivity contribution in [2.75, 3.05) is 0 Å². The number of carbonyl (C=O) groups is 2. The van der Waals surface area contributed by atoms with Gasteiger partial charge >= 0.3 is 6.09 Å². The summed E-state index contributed by atoms with van der Waals surface area (Å²) in [7, 11) is 0. The Morgan fingerprint density at radius 1 is 1.04 bits per heavy atom. The highest BCUT2D eigenvalue weighted by atomic mass is 16.6. The van der Waals surface area contributed by atoms with Crippen molar-refractivity contribution >= 4 is 11.9 Å². The fourth-order valence-corrected chi connectivity index (χ4v) is 4.35. The fraction of sp³-hybridized carbons (Fsp3) is 0.429. The van der Waals surface area contributed by atoms with Gasteiger partial charge in [0.2, 0.25) is 0 Å². The van der Waals surface area contributed by atoms with E-state index in [2.05, 4.69) is 9.97 Å². The van der Waals surface area contributed by atoms with Gasteiger partial charge in [0, 0.05) is 30.4 Å². The number of rotatable bonds is 4. The number of ether oxygens (including phenoxy) is 1. The average Bonchev–Trinajstić information content (AvgIpc) is 2.72. The number of amides is 1. The molecule has 2 atom stereocenters. The molecule has 27 heavy (non-hydrogen) atoms. The maximum absolute atomic E-state index is 12.8. The molecule has 0 saturated carbocycles. The van der Waals surface area contributed by atoms with Crippen molar-refractivity contribution in [3.05, 3.63) is 60.2 Å². The summed E-state index contributed by atoms with van der Waals surface area (Å²) in [5.74, 6) is 0.00859. The molecule has 2 aliphatic rings. The summed E-state index contributed by atoms with van der Waals surface area (Å²) in [6, 6.07) is 9.83. The molecule has 1 aromatic carbocycles. The van der Waals surface area contributed by atoms with E-state index in [4.69, 9.17) is 4.74 Å². The van der Waals surface area contributed by atoms with Gasteiger partial charge in [-0.3, -0.25) is 4.79 Å². The summed E-state index contributed by atoms with van der Waals surface area (Å²) in [5.41, 5.74) is 1.53. The number of carbonyl (C=O) groups excluding carboxylic acids is 2. The van der Waals surface area contributed by atoms with E-state index in [0.29, 0.717) is 18.4 Å². The monoisotopic (exact) mass is 365 g/mol.